The fourth-order valence-electron chi connectivity index (χ4n) is 2.55. The average Bonchev–Trinajstić information content (AvgIpc) is 2.71. The summed E-state index contributed by atoms with van der Waals surface area (Å²) in [6.45, 7) is 8.08. The van der Waals surface area contributed by atoms with Crippen molar-refractivity contribution in [2.75, 3.05) is 0 Å². The third kappa shape index (κ3) is 3.60. The Morgan fingerprint density at radius 1 is 1.35 bits per heavy atom. The highest BCUT2D eigenvalue weighted by Gasteiger charge is 2.29. The Morgan fingerprint density at radius 2 is 2.00 bits per heavy atom. The summed E-state index contributed by atoms with van der Waals surface area (Å²) in [5, 5.41) is 17.4. The first-order chi connectivity index (χ1) is 9.37. The predicted molar refractivity (Wildman–Crippen MR) is 79.3 cm³/mol. The van der Waals surface area contributed by atoms with E-state index in [2.05, 4.69) is 24.3 Å². The summed E-state index contributed by atoms with van der Waals surface area (Å²) in [6, 6.07) is 0. The molecule has 0 bridgehead atoms. The van der Waals surface area contributed by atoms with Crippen molar-refractivity contribution in [3.63, 3.8) is 0 Å². The van der Waals surface area contributed by atoms with Gasteiger partial charge in [-0.05, 0) is 26.2 Å². The van der Waals surface area contributed by atoms with E-state index in [1.54, 1.807) is 6.92 Å². The maximum atomic E-state index is 12.0. The van der Waals surface area contributed by atoms with Crippen molar-refractivity contribution in [3.8, 4) is 0 Å². The summed E-state index contributed by atoms with van der Waals surface area (Å²) in [5.74, 6) is -0.313. The summed E-state index contributed by atoms with van der Waals surface area (Å²) in [5.41, 5.74) is 1.94. The number of aromatic nitrogens is 2. The van der Waals surface area contributed by atoms with Gasteiger partial charge in [-0.1, -0.05) is 27.2 Å². The highest BCUT2D eigenvalue weighted by atomic mass is 16.3. The van der Waals surface area contributed by atoms with E-state index in [1.165, 1.54) is 0 Å². The van der Waals surface area contributed by atoms with E-state index in [1.807, 2.05) is 18.7 Å². The first-order valence-corrected chi connectivity index (χ1v) is 7.41. The van der Waals surface area contributed by atoms with E-state index in [0.29, 0.717) is 13.0 Å². The second kappa shape index (κ2) is 6.88. The molecule has 5 nitrogen and oxygen atoms in total. The van der Waals surface area contributed by atoms with Crippen LogP contribution in [0.1, 0.15) is 57.5 Å². The first-order valence-electron chi connectivity index (χ1n) is 7.41. The Labute approximate surface area is 121 Å². The van der Waals surface area contributed by atoms with Crippen LogP contribution in [0.25, 0.3) is 0 Å². The SMILES string of the molecule is CCCC(C)(O)C(=O)NCc1c(CC)nn(C)c1CC. The van der Waals surface area contributed by atoms with Gasteiger partial charge in [0.1, 0.15) is 5.60 Å². The van der Waals surface area contributed by atoms with Crippen molar-refractivity contribution >= 4 is 5.91 Å². The lowest BCUT2D eigenvalue weighted by molar-refractivity contribution is -0.138. The summed E-state index contributed by atoms with van der Waals surface area (Å²) < 4.78 is 1.88. The molecule has 0 fully saturated rings. The molecule has 0 aromatic carbocycles. The van der Waals surface area contributed by atoms with Gasteiger partial charge in [-0.2, -0.15) is 5.10 Å². The van der Waals surface area contributed by atoms with Crippen LogP contribution in [0.15, 0.2) is 0 Å². The minimum atomic E-state index is -1.30. The monoisotopic (exact) mass is 281 g/mol. The van der Waals surface area contributed by atoms with Crippen LogP contribution in [-0.4, -0.2) is 26.4 Å². The van der Waals surface area contributed by atoms with E-state index >= 15 is 0 Å². The number of hydrogen-bond acceptors (Lipinski definition) is 3. The van der Waals surface area contributed by atoms with Gasteiger partial charge in [-0.15, -0.1) is 0 Å². The molecule has 1 atom stereocenters. The van der Waals surface area contributed by atoms with E-state index in [4.69, 9.17) is 0 Å². The molecule has 2 N–H and O–H groups in total. The van der Waals surface area contributed by atoms with Gasteiger partial charge in [0.25, 0.3) is 5.91 Å². The smallest absolute Gasteiger partial charge is 0.251 e. The molecule has 20 heavy (non-hydrogen) atoms. The number of hydrogen-bond donors (Lipinski definition) is 2. The highest BCUT2D eigenvalue weighted by Crippen LogP contribution is 2.17. The number of amides is 1. The first kappa shape index (κ1) is 16.7. The highest BCUT2D eigenvalue weighted by molar-refractivity contribution is 5.84. The number of rotatable bonds is 7. The summed E-state index contributed by atoms with van der Waals surface area (Å²) in [4.78, 5) is 12.0. The molecule has 0 aliphatic heterocycles. The lowest BCUT2D eigenvalue weighted by Crippen LogP contribution is -2.44. The second-order valence-corrected chi connectivity index (χ2v) is 5.41. The maximum absolute atomic E-state index is 12.0. The Bertz CT molecular complexity index is 464. The van der Waals surface area contributed by atoms with Crippen LogP contribution in [0, 0.1) is 0 Å². The van der Waals surface area contributed by atoms with Crippen molar-refractivity contribution in [1.29, 1.82) is 0 Å². The number of carbonyl (C=O) groups is 1. The van der Waals surface area contributed by atoms with Gasteiger partial charge >= 0.3 is 0 Å². The second-order valence-electron chi connectivity index (χ2n) is 5.41. The fourth-order valence-corrected chi connectivity index (χ4v) is 2.55. The molecule has 0 saturated heterocycles. The van der Waals surface area contributed by atoms with Gasteiger partial charge in [0.05, 0.1) is 5.69 Å². The van der Waals surface area contributed by atoms with E-state index in [-0.39, 0.29) is 5.91 Å². The van der Waals surface area contributed by atoms with Crippen molar-refractivity contribution < 1.29 is 9.90 Å². The van der Waals surface area contributed by atoms with Gasteiger partial charge in [0.15, 0.2) is 0 Å². The Balaban J connectivity index is 2.82. The molecule has 1 amide bonds. The number of aryl methyl sites for hydroxylation is 2. The zero-order valence-electron chi connectivity index (χ0n) is 13.3. The zero-order valence-corrected chi connectivity index (χ0v) is 13.3. The average molecular weight is 281 g/mol. The standard InChI is InChI=1S/C15H27N3O2/c1-6-9-15(4,20)14(19)16-10-11-12(7-2)17-18(5)13(11)8-3/h20H,6-10H2,1-5H3,(H,16,19). The fraction of sp³-hybridized carbons (Fsp3) is 0.733. The predicted octanol–water partition coefficient (Wildman–Crippen LogP) is 1.71. The van der Waals surface area contributed by atoms with Gasteiger partial charge in [-0.25, -0.2) is 0 Å². The van der Waals surface area contributed by atoms with Crippen LogP contribution >= 0.6 is 0 Å². The Morgan fingerprint density at radius 3 is 2.50 bits per heavy atom. The van der Waals surface area contributed by atoms with Crippen LogP contribution in [0.5, 0.6) is 0 Å². The minimum absolute atomic E-state index is 0.313. The Kier molecular flexibility index (Phi) is 5.74. The zero-order chi connectivity index (χ0) is 15.3. The quantitative estimate of drug-likeness (QED) is 0.799. The van der Waals surface area contributed by atoms with Crippen LogP contribution in [0.3, 0.4) is 0 Å². The molecule has 1 heterocycles. The molecule has 5 heteroatoms. The molecule has 1 rings (SSSR count). The molecule has 0 aliphatic rings. The maximum Gasteiger partial charge on any atom is 0.251 e. The number of carbonyl (C=O) groups excluding carboxylic acids is 1. The van der Waals surface area contributed by atoms with E-state index in [9.17, 15) is 9.90 Å². The van der Waals surface area contributed by atoms with Crippen molar-refractivity contribution in [3.05, 3.63) is 17.0 Å². The largest absolute Gasteiger partial charge is 0.380 e. The lowest BCUT2D eigenvalue weighted by Gasteiger charge is -2.21. The van der Waals surface area contributed by atoms with Crippen molar-refractivity contribution in [2.24, 2.45) is 7.05 Å². The van der Waals surface area contributed by atoms with Crippen LogP contribution in [0.2, 0.25) is 0 Å². The van der Waals surface area contributed by atoms with Crippen molar-refractivity contribution in [1.82, 2.24) is 15.1 Å². The third-order valence-corrected chi connectivity index (χ3v) is 3.68. The number of nitrogens with zero attached hydrogens (tertiary/aromatic N) is 2. The molecular weight excluding hydrogens is 254 g/mol. The number of aliphatic hydroxyl groups is 1. The van der Waals surface area contributed by atoms with Crippen molar-refractivity contribution in [2.45, 2.75) is 65.5 Å². The molecular formula is C15H27N3O2. The Hall–Kier alpha value is -1.36. The summed E-state index contributed by atoms with van der Waals surface area (Å²) in [7, 11) is 1.93. The molecule has 0 aliphatic carbocycles. The van der Waals surface area contributed by atoms with E-state index < -0.39 is 5.60 Å². The van der Waals surface area contributed by atoms with Gasteiger partial charge in [-0.3, -0.25) is 9.48 Å². The van der Waals surface area contributed by atoms with Gasteiger partial charge in [0, 0.05) is 24.8 Å². The lowest BCUT2D eigenvalue weighted by atomic mass is 9.99. The molecule has 0 radical (unpaired) electrons. The number of nitrogens with one attached hydrogen (secondary N) is 1. The van der Waals surface area contributed by atoms with Gasteiger partial charge < -0.3 is 10.4 Å². The third-order valence-electron chi connectivity index (χ3n) is 3.68. The summed E-state index contributed by atoms with van der Waals surface area (Å²) >= 11 is 0. The van der Waals surface area contributed by atoms with E-state index in [0.717, 1.165) is 36.2 Å². The minimum Gasteiger partial charge on any atom is -0.380 e. The van der Waals surface area contributed by atoms with Crippen LogP contribution < -0.4 is 5.32 Å². The molecule has 1 aromatic heterocycles. The topological polar surface area (TPSA) is 67.2 Å². The molecule has 1 unspecified atom stereocenters. The molecule has 0 spiro atoms. The summed E-state index contributed by atoms with van der Waals surface area (Å²) in [6.07, 6.45) is 2.95. The van der Waals surface area contributed by atoms with Crippen LogP contribution in [0.4, 0.5) is 0 Å². The molecule has 1 aromatic rings. The van der Waals surface area contributed by atoms with Gasteiger partial charge in [0.2, 0.25) is 0 Å². The van der Waals surface area contributed by atoms with Crippen LogP contribution in [-0.2, 0) is 31.2 Å². The normalized spacial score (nSPS) is 14.1. The molecule has 114 valence electrons. The molecule has 0 saturated carbocycles.